The molecular formula is C8H7BrN2. The van der Waals surface area contributed by atoms with Gasteiger partial charge in [0.1, 0.15) is 0 Å². The van der Waals surface area contributed by atoms with Crippen molar-refractivity contribution in [2.45, 2.75) is 6.92 Å². The lowest BCUT2D eigenvalue weighted by Gasteiger charge is -1.93. The van der Waals surface area contributed by atoms with Gasteiger partial charge < -0.3 is 0 Å². The molecule has 0 fully saturated rings. The van der Waals surface area contributed by atoms with Crippen LogP contribution in [-0.2, 0) is 0 Å². The molecule has 2 aromatic heterocycles. The zero-order valence-electron chi connectivity index (χ0n) is 6.08. The Morgan fingerprint density at radius 1 is 1.55 bits per heavy atom. The lowest BCUT2D eigenvalue weighted by molar-refractivity contribution is 0.902. The van der Waals surface area contributed by atoms with Crippen molar-refractivity contribution in [2.75, 3.05) is 0 Å². The van der Waals surface area contributed by atoms with Crippen molar-refractivity contribution in [1.82, 2.24) is 9.61 Å². The summed E-state index contributed by atoms with van der Waals surface area (Å²) in [7, 11) is 0. The van der Waals surface area contributed by atoms with Gasteiger partial charge in [0.05, 0.1) is 5.52 Å². The molecule has 0 saturated carbocycles. The highest BCUT2D eigenvalue weighted by atomic mass is 79.9. The van der Waals surface area contributed by atoms with Crippen LogP contribution in [0.5, 0.6) is 0 Å². The monoisotopic (exact) mass is 210 g/mol. The van der Waals surface area contributed by atoms with Gasteiger partial charge in [-0.15, -0.1) is 0 Å². The van der Waals surface area contributed by atoms with Gasteiger partial charge in [0.2, 0.25) is 0 Å². The Labute approximate surface area is 73.0 Å². The second-order valence-corrected chi connectivity index (χ2v) is 3.31. The van der Waals surface area contributed by atoms with Gasteiger partial charge in [0, 0.05) is 16.4 Å². The fourth-order valence-electron chi connectivity index (χ4n) is 1.15. The average Bonchev–Trinajstić information content (AvgIpc) is 2.30. The summed E-state index contributed by atoms with van der Waals surface area (Å²) >= 11 is 3.46. The van der Waals surface area contributed by atoms with Crippen LogP contribution in [0.1, 0.15) is 5.69 Å². The van der Waals surface area contributed by atoms with E-state index in [1.54, 1.807) is 6.20 Å². The molecule has 0 aliphatic carbocycles. The number of nitrogens with zero attached hydrogens (tertiary/aromatic N) is 2. The van der Waals surface area contributed by atoms with Crippen LogP contribution < -0.4 is 0 Å². The molecule has 0 aromatic carbocycles. The number of fused-ring (bicyclic) bond motifs is 1. The Hall–Kier alpha value is -0.830. The SMILES string of the molecule is Cc1cc(Br)c2cccnn12. The van der Waals surface area contributed by atoms with E-state index in [1.807, 2.05) is 23.6 Å². The van der Waals surface area contributed by atoms with Crippen LogP contribution >= 0.6 is 15.9 Å². The minimum atomic E-state index is 1.10. The zero-order valence-corrected chi connectivity index (χ0v) is 7.67. The highest BCUT2D eigenvalue weighted by molar-refractivity contribution is 9.10. The van der Waals surface area contributed by atoms with Crippen LogP contribution in [0.4, 0.5) is 0 Å². The Bertz CT molecular complexity index is 356. The Morgan fingerprint density at radius 3 is 3.09 bits per heavy atom. The van der Waals surface area contributed by atoms with Gasteiger partial charge in [-0.25, -0.2) is 4.52 Å². The van der Waals surface area contributed by atoms with E-state index < -0.39 is 0 Å². The summed E-state index contributed by atoms with van der Waals surface area (Å²) in [5.41, 5.74) is 2.26. The number of rotatable bonds is 0. The van der Waals surface area contributed by atoms with Crippen molar-refractivity contribution in [1.29, 1.82) is 0 Å². The molecule has 0 N–H and O–H groups in total. The summed E-state index contributed by atoms with van der Waals surface area (Å²) < 4.78 is 3.01. The molecule has 0 saturated heterocycles. The summed E-state index contributed by atoms with van der Waals surface area (Å²) in [6.45, 7) is 2.03. The van der Waals surface area contributed by atoms with E-state index in [0.717, 1.165) is 15.7 Å². The summed E-state index contributed by atoms with van der Waals surface area (Å²) in [4.78, 5) is 0. The fraction of sp³-hybridized carbons (Fsp3) is 0.125. The summed E-state index contributed by atoms with van der Waals surface area (Å²) in [5, 5.41) is 4.19. The van der Waals surface area contributed by atoms with Crippen molar-refractivity contribution in [3.63, 3.8) is 0 Å². The first-order valence-corrected chi connectivity index (χ1v) is 4.17. The van der Waals surface area contributed by atoms with Gasteiger partial charge in [-0.3, -0.25) is 0 Å². The van der Waals surface area contributed by atoms with Crippen LogP contribution in [0.3, 0.4) is 0 Å². The van der Waals surface area contributed by atoms with Crippen LogP contribution in [0, 0.1) is 6.92 Å². The Balaban J connectivity index is 2.95. The average molecular weight is 211 g/mol. The topological polar surface area (TPSA) is 17.3 Å². The highest BCUT2D eigenvalue weighted by Gasteiger charge is 2.01. The molecule has 2 rings (SSSR count). The van der Waals surface area contributed by atoms with E-state index >= 15 is 0 Å². The second kappa shape index (κ2) is 2.34. The molecule has 11 heavy (non-hydrogen) atoms. The minimum absolute atomic E-state index is 1.10. The lowest BCUT2D eigenvalue weighted by atomic mass is 10.4. The van der Waals surface area contributed by atoms with Gasteiger partial charge in [0.15, 0.2) is 0 Å². The second-order valence-electron chi connectivity index (χ2n) is 2.45. The Kier molecular flexibility index (Phi) is 1.46. The van der Waals surface area contributed by atoms with Crippen LogP contribution in [0.25, 0.3) is 5.52 Å². The third-order valence-electron chi connectivity index (χ3n) is 1.66. The molecule has 2 nitrogen and oxygen atoms in total. The third-order valence-corrected chi connectivity index (χ3v) is 2.30. The van der Waals surface area contributed by atoms with E-state index in [0.29, 0.717) is 0 Å². The van der Waals surface area contributed by atoms with Crippen molar-refractivity contribution in [2.24, 2.45) is 0 Å². The predicted molar refractivity (Wildman–Crippen MR) is 47.6 cm³/mol. The van der Waals surface area contributed by atoms with Gasteiger partial charge in [-0.05, 0) is 41.1 Å². The maximum atomic E-state index is 4.19. The maximum Gasteiger partial charge on any atom is 0.0791 e. The quantitative estimate of drug-likeness (QED) is 0.653. The van der Waals surface area contributed by atoms with Gasteiger partial charge >= 0.3 is 0 Å². The lowest BCUT2D eigenvalue weighted by Crippen LogP contribution is -1.90. The molecule has 2 aromatic rings. The molecule has 0 spiro atoms. The fourth-order valence-corrected chi connectivity index (χ4v) is 1.78. The van der Waals surface area contributed by atoms with E-state index in [2.05, 4.69) is 27.1 Å². The van der Waals surface area contributed by atoms with Gasteiger partial charge in [0.25, 0.3) is 0 Å². The normalized spacial score (nSPS) is 10.7. The van der Waals surface area contributed by atoms with Gasteiger partial charge in [-0.2, -0.15) is 5.10 Å². The molecule has 0 bridgehead atoms. The number of hydrogen-bond donors (Lipinski definition) is 0. The number of halogens is 1. The standard InChI is InChI=1S/C8H7BrN2/c1-6-5-7(9)8-3-2-4-10-11(6)8/h2-5H,1H3. The Morgan fingerprint density at radius 2 is 2.36 bits per heavy atom. The van der Waals surface area contributed by atoms with Crippen molar-refractivity contribution in [3.05, 3.63) is 34.6 Å². The smallest absolute Gasteiger partial charge is 0.0791 e. The first kappa shape index (κ1) is 6.85. The number of aromatic nitrogens is 2. The predicted octanol–water partition coefficient (Wildman–Crippen LogP) is 2.41. The summed E-state index contributed by atoms with van der Waals surface area (Å²) in [6, 6.07) is 6.02. The molecule has 0 radical (unpaired) electrons. The van der Waals surface area contributed by atoms with E-state index in [-0.39, 0.29) is 0 Å². The largest absolute Gasteiger partial charge is 0.237 e. The first-order valence-electron chi connectivity index (χ1n) is 3.38. The number of aryl methyl sites for hydroxylation is 1. The van der Waals surface area contributed by atoms with Crippen LogP contribution in [-0.4, -0.2) is 9.61 Å². The van der Waals surface area contributed by atoms with E-state index in [1.165, 1.54) is 0 Å². The summed E-state index contributed by atoms with van der Waals surface area (Å²) in [5.74, 6) is 0. The van der Waals surface area contributed by atoms with Crippen molar-refractivity contribution < 1.29 is 0 Å². The molecule has 3 heteroatoms. The molecule has 0 aliphatic heterocycles. The first-order chi connectivity index (χ1) is 5.29. The molecular weight excluding hydrogens is 204 g/mol. The molecule has 0 atom stereocenters. The molecule has 56 valence electrons. The molecule has 0 amide bonds. The number of hydrogen-bond acceptors (Lipinski definition) is 1. The van der Waals surface area contributed by atoms with Crippen LogP contribution in [0.15, 0.2) is 28.9 Å². The zero-order chi connectivity index (χ0) is 7.84. The van der Waals surface area contributed by atoms with E-state index in [4.69, 9.17) is 0 Å². The third kappa shape index (κ3) is 0.959. The molecule has 0 aliphatic rings. The summed E-state index contributed by atoms with van der Waals surface area (Å²) in [6.07, 6.45) is 1.78. The van der Waals surface area contributed by atoms with Crippen molar-refractivity contribution in [3.8, 4) is 0 Å². The maximum absolute atomic E-state index is 4.19. The van der Waals surface area contributed by atoms with Gasteiger partial charge in [-0.1, -0.05) is 0 Å². The molecule has 2 heterocycles. The molecule has 0 unspecified atom stereocenters. The van der Waals surface area contributed by atoms with Crippen molar-refractivity contribution >= 4 is 21.4 Å². The minimum Gasteiger partial charge on any atom is -0.237 e. The highest BCUT2D eigenvalue weighted by Crippen LogP contribution is 2.20. The van der Waals surface area contributed by atoms with Crippen LogP contribution in [0.2, 0.25) is 0 Å². The van der Waals surface area contributed by atoms with E-state index in [9.17, 15) is 0 Å².